The van der Waals surface area contributed by atoms with Gasteiger partial charge in [0.15, 0.2) is 0 Å². The molecule has 0 aliphatic carbocycles. The fourth-order valence-corrected chi connectivity index (χ4v) is 1.40. The van der Waals surface area contributed by atoms with Gasteiger partial charge in [0.1, 0.15) is 4.90 Å². The molecule has 0 bridgehead atoms. The molecule has 0 atom stereocenters. The first-order valence-corrected chi connectivity index (χ1v) is 6.20. The molecule has 1 heterocycles. The summed E-state index contributed by atoms with van der Waals surface area (Å²) < 4.78 is 27.1. The van der Waals surface area contributed by atoms with Crippen molar-refractivity contribution in [2.24, 2.45) is 5.14 Å². The first kappa shape index (κ1) is 11.9. The minimum absolute atomic E-state index is 0.00894. The molecule has 6 heteroatoms. The quantitative estimate of drug-likeness (QED) is 0.762. The van der Waals surface area contributed by atoms with Crippen LogP contribution in [-0.2, 0) is 10.0 Å². The van der Waals surface area contributed by atoms with Crippen molar-refractivity contribution < 1.29 is 13.2 Å². The fourth-order valence-electron chi connectivity index (χ4n) is 0.941. The van der Waals surface area contributed by atoms with Crippen LogP contribution in [0.1, 0.15) is 19.8 Å². The van der Waals surface area contributed by atoms with Crippen LogP contribution in [0, 0.1) is 0 Å². The molecule has 15 heavy (non-hydrogen) atoms. The average molecular weight is 230 g/mol. The monoisotopic (exact) mass is 230 g/mol. The van der Waals surface area contributed by atoms with Crippen molar-refractivity contribution >= 4 is 10.0 Å². The number of unbranched alkanes of at least 4 members (excludes halogenated alkanes) is 1. The number of hydrogen-bond donors (Lipinski definition) is 1. The number of nitrogens with zero attached hydrogens (tertiary/aromatic N) is 1. The van der Waals surface area contributed by atoms with E-state index >= 15 is 0 Å². The topological polar surface area (TPSA) is 82.3 Å². The number of sulfonamides is 1. The Bertz CT molecular complexity index is 400. The van der Waals surface area contributed by atoms with Crippen molar-refractivity contribution in [3.8, 4) is 5.88 Å². The predicted octanol–water partition coefficient (Wildman–Crippen LogP) is 0.908. The summed E-state index contributed by atoms with van der Waals surface area (Å²) >= 11 is 0. The van der Waals surface area contributed by atoms with E-state index in [0.29, 0.717) is 12.5 Å². The summed E-state index contributed by atoms with van der Waals surface area (Å²) in [6, 6.07) is 2.87. The highest BCUT2D eigenvalue weighted by Crippen LogP contribution is 2.10. The van der Waals surface area contributed by atoms with Gasteiger partial charge in [-0.05, 0) is 12.5 Å². The third-order valence-corrected chi connectivity index (χ3v) is 2.68. The molecule has 0 aromatic carbocycles. The molecule has 5 nitrogen and oxygen atoms in total. The Balaban J connectivity index is 2.65. The van der Waals surface area contributed by atoms with E-state index in [1.807, 2.05) is 0 Å². The highest BCUT2D eigenvalue weighted by molar-refractivity contribution is 7.89. The van der Waals surface area contributed by atoms with Crippen LogP contribution in [0.15, 0.2) is 23.2 Å². The van der Waals surface area contributed by atoms with Crippen molar-refractivity contribution in [2.45, 2.75) is 24.7 Å². The number of hydrogen-bond acceptors (Lipinski definition) is 4. The maximum Gasteiger partial charge on any atom is 0.239 e. The largest absolute Gasteiger partial charge is 0.478 e. The second-order valence-corrected chi connectivity index (χ2v) is 4.64. The molecule has 0 radical (unpaired) electrons. The van der Waals surface area contributed by atoms with Gasteiger partial charge >= 0.3 is 0 Å². The van der Waals surface area contributed by atoms with E-state index in [9.17, 15) is 8.42 Å². The zero-order valence-corrected chi connectivity index (χ0v) is 9.33. The number of rotatable bonds is 5. The molecule has 0 aliphatic heterocycles. The molecule has 1 aromatic heterocycles. The summed E-state index contributed by atoms with van der Waals surface area (Å²) in [5.41, 5.74) is 0. The number of primary sulfonamides is 1. The lowest BCUT2D eigenvalue weighted by molar-refractivity contribution is 0.297. The average Bonchev–Trinajstić information content (AvgIpc) is 2.18. The minimum Gasteiger partial charge on any atom is -0.478 e. The Morgan fingerprint density at radius 3 is 2.67 bits per heavy atom. The molecule has 0 aliphatic rings. The molecular formula is C9H14N2O3S. The molecule has 84 valence electrons. The van der Waals surface area contributed by atoms with E-state index in [2.05, 4.69) is 11.9 Å². The molecule has 0 fully saturated rings. The number of aromatic nitrogens is 1. The van der Waals surface area contributed by atoms with Gasteiger partial charge in [-0.3, -0.25) is 0 Å². The molecule has 2 N–H and O–H groups in total. The third-order valence-electron chi connectivity index (χ3n) is 1.79. The van der Waals surface area contributed by atoms with Crippen molar-refractivity contribution in [1.29, 1.82) is 0 Å². The molecule has 1 rings (SSSR count). The van der Waals surface area contributed by atoms with Crippen LogP contribution in [0.5, 0.6) is 5.88 Å². The van der Waals surface area contributed by atoms with Crippen molar-refractivity contribution in [3.63, 3.8) is 0 Å². The smallest absolute Gasteiger partial charge is 0.239 e. The first-order valence-electron chi connectivity index (χ1n) is 4.65. The van der Waals surface area contributed by atoms with Crippen molar-refractivity contribution in [3.05, 3.63) is 18.3 Å². The zero-order valence-electron chi connectivity index (χ0n) is 8.51. The predicted molar refractivity (Wildman–Crippen MR) is 56.0 cm³/mol. The van der Waals surface area contributed by atoms with Crippen LogP contribution in [0.25, 0.3) is 0 Å². The zero-order chi connectivity index (χ0) is 11.3. The molecule has 1 aromatic rings. The third kappa shape index (κ3) is 3.85. The van der Waals surface area contributed by atoms with Crippen LogP contribution in [0.4, 0.5) is 0 Å². The summed E-state index contributed by atoms with van der Waals surface area (Å²) in [6.45, 7) is 2.64. The Morgan fingerprint density at radius 2 is 2.20 bits per heavy atom. The fraction of sp³-hybridized carbons (Fsp3) is 0.444. The normalized spacial score (nSPS) is 11.3. The maximum absolute atomic E-state index is 10.9. The Morgan fingerprint density at radius 1 is 1.47 bits per heavy atom. The lowest BCUT2D eigenvalue weighted by Crippen LogP contribution is -2.12. The summed E-state index contributed by atoms with van der Waals surface area (Å²) in [5, 5.41) is 4.92. The van der Waals surface area contributed by atoms with Gasteiger partial charge < -0.3 is 4.74 Å². The number of pyridine rings is 1. The highest BCUT2D eigenvalue weighted by atomic mass is 32.2. The van der Waals surface area contributed by atoms with Crippen LogP contribution in [0.3, 0.4) is 0 Å². The van der Waals surface area contributed by atoms with Gasteiger partial charge in [-0.25, -0.2) is 18.5 Å². The molecule has 0 spiro atoms. The van der Waals surface area contributed by atoms with Crippen molar-refractivity contribution in [2.75, 3.05) is 6.61 Å². The molecule has 0 amide bonds. The minimum atomic E-state index is -3.66. The van der Waals surface area contributed by atoms with E-state index in [-0.39, 0.29) is 4.90 Å². The van der Waals surface area contributed by atoms with E-state index in [1.54, 1.807) is 0 Å². The maximum atomic E-state index is 10.9. The van der Waals surface area contributed by atoms with E-state index < -0.39 is 10.0 Å². The van der Waals surface area contributed by atoms with Crippen molar-refractivity contribution in [1.82, 2.24) is 4.98 Å². The summed E-state index contributed by atoms with van der Waals surface area (Å²) in [5.74, 6) is 0.413. The SMILES string of the molecule is CCCCOc1ccc(S(N)(=O)=O)cn1. The van der Waals surface area contributed by atoms with E-state index in [1.165, 1.54) is 18.3 Å². The van der Waals surface area contributed by atoms with Crippen LogP contribution in [0.2, 0.25) is 0 Å². The van der Waals surface area contributed by atoms with Gasteiger partial charge in [0.05, 0.1) is 12.8 Å². The van der Waals surface area contributed by atoms with Crippen LogP contribution >= 0.6 is 0 Å². The highest BCUT2D eigenvalue weighted by Gasteiger charge is 2.07. The Labute approximate surface area is 89.3 Å². The summed E-state index contributed by atoms with van der Waals surface area (Å²) in [6.07, 6.45) is 3.17. The van der Waals surface area contributed by atoms with Gasteiger partial charge in [0.2, 0.25) is 15.9 Å². The lowest BCUT2D eigenvalue weighted by atomic mass is 10.4. The van der Waals surface area contributed by atoms with Gasteiger partial charge in [-0.15, -0.1) is 0 Å². The van der Waals surface area contributed by atoms with Crippen LogP contribution in [-0.4, -0.2) is 20.0 Å². The standard InChI is InChI=1S/C9H14N2O3S/c1-2-3-6-14-9-5-4-8(7-11-9)15(10,12)13/h4-5,7H,2-3,6H2,1H3,(H2,10,12,13). The Hall–Kier alpha value is -1.14. The van der Waals surface area contributed by atoms with Gasteiger partial charge in [-0.2, -0.15) is 0 Å². The second kappa shape index (κ2) is 5.09. The first-order chi connectivity index (χ1) is 7.04. The summed E-state index contributed by atoms with van der Waals surface area (Å²) in [7, 11) is -3.66. The molecule has 0 saturated carbocycles. The van der Waals surface area contributed by atoms with Crippen LogP contribution < -0.4 is 9.88 Å². The van der Waals surface area contributed by atoms with Gasteiger partial charge in [-0.1, -0.05) is 13.3 Å². The summed E-state index contributed by atoms with van der Waals surface area (Å²) in [4.78, 5) is 3.83. The molecule has 0 unspecified atom stereocenters. The second-order valence-electron chi connectivity index (χ2n) is 3.08. The number of nitrogens with two attached hydrogens (primary N) is 1. The molecular weight excluding hydrogens is 216 g/mol. The molecule has 0 saturated heterocycles. The van der Waals surface area contributed by atoms with E-state index in [0.717, 1.165) is 12.8 Å². The Kier molecular flexibility index (Phi) is 4.05. The lowest BCUT2D eigenvalue weighted by Gasteiger charge is -2.04. The van der Waals surface area contributed by atoms with Gasteiger partial charge in [0, 0.05) is 6.07 Å². The van der Waals surface area contributed by atoms with E-state index in [4.69, 9.17) is 9.88 Å². The number of ether oxygens (including phenoxy) is 1. The van der Waals surface area contributed by atoms with Gasteiger partial charge in [0.25, 0.3) is 0 Å².